The predicted octanol–water partition coefficient (Wildman–Crippen LogP) is 0.897. The van der Waals surface area contributed by atoms with E-state index >= 15 is 0 Å². The van der Waals surface area contributed by atoms with Crippen LogP contribution in [0.15, 0.2) is 24.4 Å². The van der Waals surface area contributed by atoms with E-state index in [-0.39, 0.29) is 6.09 Å². The van der Waals surface area contributed by atoms with Gasteiger partial charge >= 0.3 is 6.09 Å². The number of methoxy groups -OCH3 is 1. The molecule has 0 saturated heterocycles. The molecule has 0 unspecified atom stereocenters. The summed E-state index contributed by atoms with van der Waals surface area (Å²) in [7, 11) is 1.36. The van der Waals surface area contributed by atoms with Gasteiger partial charge in [0.2, 0.25) is 0 Å². The summed E-state index contributed by atoms with van der Waals surface area (Å²) in [6, 6.07) is 5.50. The van der Waals surface area contributed by atoms with Crippen molar-refractivity contribution >= 4 is 6.09 Å². The molecule has 0 saturated carbocycles. The van der Waals surface area contributed by atoms with Crippen molar-refractivity contribution in [1.29, 1.82) is 0 Å². The lowest BCUT2D eigenvalue weighted by Gasteiger charge is -1.93. The van der Waals surface area contributed by atoms with Crippen LogP contribution in [0.2, 0.25) is 0 Å². The quantitative estimate of drug-likeness (QED) is 0.517. The van der Waals surface area contributed by atoms with Gasteiger partial charge in [-0.15, -0.1) is 0 Å². The Kier molecular flexibility index (Phi) is 2.21. The molecule has 0 aliphatic heterocycles. The topological polar surface area (TPSA) is 30.2 Å². The average Bonchev–Trinajstić information content (AvgIpc) is 2.04. The number of aromatic nitrogens is 1. The first-order chi connectivity index (χ1) is 5.25. The molecule has 1 aromatic rings. The molecule has 1 rings (SSSR count). The molecule has 58 valence electrons. The monoisotopic (exact) mass is 152 g/mol. The number of hydrogen-bond donors (Lipinski definition) is 0. The van der Waals surface area contributed by atoms with Crippen LogP contribution < -0.4 is 4.57 Å². The molecule has 0 bridgehead atoms. The Morgan fingerprint density at radius 3 is 2.82 bits per heavy atom. The van der Waals surface area contributed by atoms with E-state index in [1.807, 2.05) is 19.1 Å². The van der Waals surface area contributed by atoms with Crippen molar-refractivity contribution in [2.24, 2.45) is 0 Å². The van der Waals surface area contributed by atoms with E-state index in [4.69, 9.17) is 0 Å². The van der Waals surface area contributed by atoms with Gasteiger partial charge in [0.05, 0.1) is 7.11 Å². The van der Waals surface area contributed by atoms with Crippen LogP contribution >= 0.6 is 0 Å². The molecule has 0 N–H and O–H groups in total. The van der Waals surface area contributed by atoms with Crippen LogP contribution in [0.4, 0.5) is 4.79 Å². The normalized spacial score (nSPS) is 9.27. The first-order valence-electron chi connectivity index (χ1n) is 3.31. The van der Waals surface area contributed by atoms with Crippen molar-refractivity contribution in [2.75, 3.05) is 7.11 Å². The highest BCUT2D eigenvalue weighted by Crippen LogP contribution is 1.87. The Bertz CT molecular complexity index is 271. The maximum Gasteiger partial charge on any atom is 0.601 e. The lowest BCUT2D eigenvalue weighted by molar-refractivity contribution is -0.592. The molecule has 1 heterocycles. The fourth-order valence-corrected chi connectivity index (χ4v) is 0.832. The Hall–Kier alpha value is -1.38. The molecule has 3 nitrogen and oxygen atoms in total. The summed E-state index contributed by atoms with van der Waals surface area (Å²) in [5.74, 6) is 0. The van der Waals surface area contributed by atoms with Crippen molar-refractivity contribution < 1.29 is 14.1 Å². The molecule has 11 heavy (non-hydrogen) atoms. The largest absolute Gasteiger partial charge is 0.601 e. The molecule has 0 fully saturated rings. The van der Waals surface area contributed by atoms with Crippen molar-refractivity contribution in [3.63, 3.8) is 0 Å². The maximum atomic E-state index is 11.0. The third-order valence-electron chi connectivity index (χ3n) is 1.43. The number of carbonyl (C=O) groups excluding carboxylic acids is 1. The summed E-state index contributed by atoms with van der Waals surface area (Å²) in [6.45, 7) is 1.84. The molecule has 0 amide bonds. The highest BCUT2D eigenvalue weighted by molar-refractivity contribution is 5.56. The van der Waals surface area contributed by atoms with E-state index in [1.54, 1.807) is 12.3 Å². The number of rotatable bonds is 0. The van der Waals surface area contributed by atoms with Gasteiger partial charge < -0.3 is 4.74 Å². The van der Waals surface area contributed by atoms with Crippen molar-refractivity contribution in [1.82, 2.24) is 0 Å². The smallest absolute Gasteiger partial charge is 0.415 e. The minimum atomic E-state index is -0.358. The molecule has 0 aliphatic rings. The Morgan fingerprint density at radius 1 is 1.55 bits per heavy atom. The minimum absolute atomic E-state index is 0.358. The van der Waals surface area contributed by atoms with E-state index in [2.05, 4.69) is 4.74 Å². The first kappa shape index (κ1) is 7.72. The standard InChI is InChI=1S/C8H10NO2/c1-7-5-3-4-6-9(7)8(10)11-2/h3-6H,1-2H3/q+1. The van der Waals surface area contributed by atoms with Gasteiger partial charge in [0, 0.05) is 19.1 Å². The van der Waals surface area contributed by atoms with Gasteiger partial charge in [0.1, 0.15) is 0 Å². The lowest BCUT2D eigenvalue weighted by Crippen LogP contribution is -2.44. The molecule has 0 atom stereocenters. The van der Waals surface area contributed by atoms with E-state index in [0.717, 1.165) is 5.69 Å². The third kappa shape index (κ3) is 1.55. The van der Waals surface area contributed by atoms with Gasteiger partial charge in [-0.3, -0.25) is 0 Å². The fraction of sp³-hybridized carbons (Fsp3) is 0.250. The summed E-state index contributed by atoms with van der Waals surface area (Å²) >= 11 is 0. The van der Waals surface area contributed by atoms with Gasteiger partial charge in [-0.25, -0.2) is 0 Å². The number of pyridine rings is 1. The molecular formula is C8H10NO2+. The lowest BCUT2D eigenvalue weighted by atomic mass is 10.4. The summed E-state index contributed by atoms with van der Waals surface area (Å²) in [5, 5.41) is 0. The maximum absolute atomic E-state index is 11.0. The van der Waals surface area contributed by atoms with Crippen LogP contribution in [0.25, 0.3) is 0 Å². The summed E-state index contributed by atoms with van der Waals surface area (Å²) in [5.41, 5.74) is 0.861. The van der Waals surface area contributed by atoms with Gasteiger partial charge in [0.25, 0.3) is 0 Å². The number of ether oxygens (including phenoxy) is 1. The Balaban J connectivity index is 3.03. The molecule has 0 radical (unpaired) electrons. The Morgan fingerprint density at radius 2 is 2.27 bits per heavy atom. The highest BCUT2D eigenvalue weighted by Gasteiger charge is 2.15. The number of aryl methyl sites for hydroxylation is 1. The minimum Gasteiger partial charge on any atom is -0.415 e. The molecular weight excluding hydrogens is 142 g/mol. The zero-order chi connectivity index (χ0) is 8.27. The second-order valence-electron chi connectivity index (χ2n) is 2.18. The van der Waals surface area contributed by atoms with Crippen LogP contribution in [0.5, 0.6) is 0 Å². The van der Waals surface area contributed by atoms with Gasteiger partial charge in [-0.05, 0) is 0 Å². The van der Waals surface area contributed by atoms with Gasteiger partial charge in [-0.1, -0.05) is 10.6 Å². The van der Waals surface area contributed by atoms with Crippen LogP contribution in [0.1, 0.15) is 5.69 Å². The van der Waals surface area contributed by atoms with E-state index < -0.39 is 0 Å². The van der Waals surface area contributed by atoms with Crippen LogP contribution in [0, 0.1) is 6.92 Å². The molecule has 1 aromatic heterocycles. The summed E-state index contributed by atoms with van der Waals surface area (Å²) in [4.78, 5) is 11.0. The van der Waals surface area contributed by atoms with Crippen LogP contribution in [-0.2, 0) is 4.74 Å². The second-order valence-corrected chi connectivity index (χ2v) is 2.18. The predicted molar refractivity (Wildman–Crippen MR) is 39.2 cm³/mol. The SMILES string of the molecule is COC(=O)[n+]1ccccc1C. The third-order valence-corrected chi connectivity index (χ3v) is 1.43. The van der Waals surface area contributed by atoms with Crippen LogP contribution in [0.3, 0.4) is 0 Å². The van der Waals surface area contributed by atoms with E-state index in [9.17, 15) is 4.79 Å². The van der Waals surface area contributed by atoms with Crippen LogP contribution in [-0.4, -0.2) is 13.2 Å². The molecule has 3 heteroatoms. The van der Waals surface area contributed by atoms with E-state index in [0.29, 0.717) is 0 Å². The van der Waals surface area contributed by atoms with Crippen molar-refractivity contribution in [3.8, 4) is 0 Å². The van der Waals surface area contributed by atoms with E-state index in [1.165, 1.54) is 11.7 Å². The summed E-state index contributed by atoms with van der Waals surface area (Å²) in [6.07, 6.45) is 1.31. The average molecular weight is 152 g/mol. The fourth-order valence-electron chi connectivity index (χ4n) is 0.832. The molecule has 0 spiro atoms. The molecule has 0 aromatic carbocycles. The zero-order valence-electron chi connectivity index (χ0n) is 6.57. The zero-order valence-corrected chi connectivity index (χ0v) is 6.57. The number of carbonyl (C=O) groups is 1. The molecule has 0 aliphatic carbocycles. The first-order valence-corrected chi connectivity index (χ1v) is 3.31. The highest BCUT2D eigenvalue weighted by atomic mass is 16.5. The number of nitrogens with zero attached hydrogens (tertiary/aromatic N) is 1. The summed E-state index contributed by atoms with van der Waals surface area (Å²) < 4.78 is 5.99. The van der Waals surface area contributed by atoms with Crippen molar-refractivity contribution in [3.05, 3.63) is 30.1 Å². The van der Waals surface area contributed by atoms with Gasteiger partial charge in [0.15, 0.2) is 11.9 Å². The Labute approximate surface area is 65.2 Å². The van der Waals surface area contributed by atoms with Gasteiger partial charge in [-0.2, -0.15) is 4.79 Å². The van der Waals surface area contributed by atoms with Crippen molar-refractivity contribution in [2.45, 2.75) is 6.92 Å². The number of hydrogen-bond acceptors (Lipinski definition) is 2. The second kappa shape index (κ2) is 3.14.